The third-order valence-electron chi connectivity index (χ3n) is 6.66. The molecule has 0 spiro atoms. The summed E-state index contributed by atoms with van der Waals surface area (Å²) in [6.07, 6.45) is 25.9. The Morgan fingerprint density at radius 2 is 0.472 bits per heavy atom. The maximum absolute atomic E-state index is 11.9. The summed E-state index contributed by atoms with van der Waals surface area (Å²) >= 11 is 0. The number of hydroxylamine groups is 4. The highest BCUT2D eigenvalue weighted by Gasteiger charge is 2.01. The Bertz CT molecular complexity index is 550. The van der Waals surface area contributed by atoms with Crippen molar-refractivity contribution >= 4 is 24.9 Å². The molecule has 0 N–H and O–H groups in total. The van der Waals surface area contributed by atoms with Gasteiger partial charge in [0.05, 0.1) is 0 Å². The monoisotopic (exact) mass is 508 g/mol. The fraction of sp³-hybridized carbons (Fsp3) is 0.857. The van der Waals surface area contributed by atoms with E-state index in [9.17, 15) is 20.8 Å². The van der Waals surface area contributed by atoms with Crippen LogP contribution in [-0.2, 0) is 0 Å². The first kappa shape index (κ1) is 31.9. The molecule has 0 aromatic heterocycles. The van der Waals surface area contributed by atoms with E-state index in [1.165, 1.54) is 0 Å². The number of hydrogen-bond acceptors (Lipinski definition) is 4. The van der Waals surface area contributed by atoms with Crippen molar-refractivity contribution in [3.63, 3.8) is 0 Å². The molecule has 1 aliphatic heterocycles. The van der Waals surface area contributed by atoms with E-state index in [1.807, 2.05) is 0 Å². The summed E-state index contributed by atoms with van der Waals surface area (Å²) in [7, 11) is 0. The molecular weight excluding hydrogens is 456 g/mol. The van der Waals surface area contributed by atoms with Gasteiger partial charge < -0.3 is 20.8 Å². The standard InChI is InChI=1S/C28H52N4O4/c33-29-21-13-5-1-6-14-22-30(34)24-16-8-3-10-18-26-32(36)28-20-12-4-11-19-27-31(35)25-17-9-2-7-15-23-29/h21,24-25,28H,1-20,22-23,26-27H2/b29-21-,30-24+,31-25+,32-28-. The SMILES string of the molecule is [O-]/[N+]1=C\CCCCCC/[N+]([O-])=C\CCCCCC/[N+]([O-])=C/CCCCCC/[N+]([O-])=C\CCCCCC1. The summed E-state index contributed by atoms with van der Waals surface area (Å²) in [5, 5.41) is 47.6. The minimum atomic E-state index is 0.545. The van der Waals surface area contributed by atoms with Gasteiger partial charge >= 0.3 is 0 Å². The summed E-state index contributed by atoms with van der Waals surface area (Å²) in [5.41, 5.74) is 0. The highest BCUT2D eigenvalue weighted by molar-refractivity contribution is 5.52. The molecule has 0 aliphatic carbocycles. The molecule has 0 atom stereocenters. The molecule has 0 radical (unpaired) electrons. The topological polar surface area (TPSA) is 104 Å². The Morgan fingerprint density at radius 1 is 0.278 bits per heavy atom. The molecule has 0 saturated heterocycles. The largest absolute Gasteiger partial charge is 0.624 e. The minimum Gasteiger partial charge on any atom is -0.624 e. The number of hydrogen-bond donors (Lipinski definition) is 0. The van der Waals surface area contributed by atoms with E-state index < -0.39 is 0 Å². The lowest BCUT2D eigenvalue weighted by atomic mass is 10.1. The summed E-state index contributed by atoms with van der Waals surface area (Å²) in [6, 6.07) is 0. The van der Waals surface area contributed by atoms with Crippen LogP contribution in [0.5, 0.6) is 0 Å². The van der Waals surface area contributed by atoms with Gasteiger partial charge in [0, 0.05) is 51.4 Å². The van der Waals surface area contributed by atoms with Gasteiger partial charge in [0.1, 0.15) is 0 Å². The summed E-state index contributed by atoms with van der Waals surface area (Å²) in [6.45, 7) is 2.18. The summed E-state index contributed by atoms with van der Waals surface area (Å²) in [4.78, 5) is 0. The van der Waals surface area contributed by atoms with Crippen LogP contribution < -0.4 is 0 Å². The van der Waals surface area contributed by atoms with Gasteiger partial charge in [-0.3, -0.25) is 0 Å². The molecule has 0 unspecified atom stereocenters. The molecule has 0 fully saturated rings. The first-order valence-electron chi connectivity index (χ1n) is 14.7. The fourth-order valence-corrected chi connectivity index (χ4v) is 4.37. The number of nitrogens with zero attached hydrogens (tertiary/aromatic N) is 4. The van der Waals surface area contributed by atoms with Crippen molar-refractivity contribution < 1.29 is 19.0 Å². The van der Waals surface area contributed by atoms with E-state index in [2.05, 4.69) is 0 Å². The molecule has 0 aromatic carbocycles. The molecule has 1 rings (SSSR count). The predicted molar refractivity (Wildman–Crippen MR) is 151 cm³/mol. The minimum absolute atomic E-state index is 0.545. The van der Waals surface area contributed by atoms with E-state index in [-0.39, 0.29) is 0 Å². The van der Waals surface area contributed by atoms with Gasteiger partial charge in [-0.25, -0.2) is 19.0 Å². The fourth-order valence-electron chi connectivity index (χ4n) is 4.37. The first-order chi connectivity index (χ1) is 17.6. The van der Waals surface area contributed by atoms with Crippen LogP contribution in [0.25, 0.3) is 0 Å². The van der Waals surface area contributed by atoms with Crippen molar-refractivity contribution in [2.45, 2.75) is 128 Å². The van der Waals surface area contributed by atoms with Crippen LogP contribution in [0, 0.1) is 20.8 Å². The third-order valence-corrected chi connectivity index (χ3v) is 6.66. The van der Waals surface area contributed by atoms with Crippen molar-refractivity contribution in [1.29, 1.82) is 0 Å². The molecule has 36 heavy (non-hydrogen) atoms. The highest BCUT2D eigenvalue weighted by atomic mass is 16.5. The predicted octanol–water partition coefficient (Wildman–Crippen LogP) is 6.13. The average Bonchev–Trinajstić information content (AvgIpc) is 2.85. The Labute approximate surface area is 219 Å². The van der Waals surface area contributed by atoms with Gasteiger partial charge in [0.15, 0.2) is 51.0 Å². The van der Waals surface area contributed by atoms with Crippen LogP contribution >= 0.6 is 0 Å². The Hall–Kier alpha value is -2.12. The molecule has 1 aliphatic rings. The highest BCUT2D eigenvalue weighted by Crippen LogP contribution is 2.06. The smallest absolute Gasteiger partial charge is 0.153 e. The summed E-state index contributed by atoms with van der Waals surface area (Å²) in [5.74, 6) is 0. The Balaban J connectivity index is 2.35. The molecule has 8 nitrogen and oxygen atoms in total. The maximum Gasteiger partial charge on any atom is 0.153 e. The third kappa shape index (κ3) is 21.2. The van der Waals surface area contributed by atoms with Crippen LogP contribution in [-0.4, -0.2) is 70.0 Å². The molecule has 0 aromatic rings. The zero-order valence-electron chi connectivity index (χ0n) is 22.7. The number of rotatable bonds is 0. The van der Waals surface area contributed by atoms with Crippen LogP contribution in [0.2, 0.25) is 0 Å². The van der Waals surface area contributed by atoms with Crippen molar-refractivity contribution in [1.82, 2.24) is 0 Å². The van der Waals surface area contributed by atoms with E-state index in [0.29, 0.717) is 26.2 Å². The van der Waals surface area contributed by atoms with Crippen LogP contribution in [0.1, 0.15) is 128 Å². The molecule has 0 saturated carbocycles. The Kier molecular flexibility index (Phi) is 20.6. The van der Waals surface area contributed by atoms with Crippen LogP contribution in [0.3, 0.4) is 0 Å². The lowest BCUT2D eigenvalue weighted by Gasteiger charge is -2.06. The lowest BCUT2D eigenvalue weighted by Crippen LogP contribution is -2.08. The van der Waals surface area contributed by atoms with Gasteiger partial charge in [0.25, 0.3) is 0 Å². The molecular formula is C28H52N4O4. The molecule has 8 heteroatoms. The normalized spacial score (nSPS) is 27.8. The van der Waals surface area contributed by atoms with Crippen LogP contribution in [0.15, 0.2) is 0 Å². The van der Waals surface area contributed by atoms with Gasteiger partial charge in [-0.05, 0) is 51.4 Å². The van der Waals surface area contributed by atoms with Gasteiger partial charge in [-0.2, -0.15) is 0 Å². The molecule has 0 amide bonds. The van der Waals surface area contributed by atoms with E-state index >= 15 is 0 Å². The Morgan fingerprint density at radius 3 is 0.694 bits per heavy atom. The molecule has 208 valence electrons. The van der Waals surface area contributed by atoms with Crippen molar-refractivity contribution in [3.8, 4) is 0 Å². The zero-order valence-corrected chi connectivity index (χ0v) is 22.7. The van der Waals surface area contributed by atoms with Crippen molar-refractivity contribution in [2.75, 3.05) is 26.2 Å². The van der Waals surface area contributed by atoms with E-state index in [4.69, 9.17) is 0 Å². The average molecular weight is 509 g/mol. The zero-order chi connectivity index (χ0) is 26.1. The van der Waals surface area contributed by atoms with Gasteiger partial charge in [-0.1, -0.05) is 25.7 Å². The van der Waals surface area contributed by atoms with Gasteiger partial charge in [0.2, 0.25) is 0 Å². The first-order valence-corrected chi connectivity index (χ1v) is 14.7. The molecule has 0 bridgehead atoms. The van der Waals surface area contributed by atoms with E-state index in [1.54, 1.807) is 24.9 Å². The van der Waals surface area contributed by atoms with Crippen molar-refractivity contribution in [2.24, 2.45) is 0 Å². The van der Waals surface area contributed by atoms with E-state index in [0.717, 1.165) is 147 Å². The quantitative estimate of drug-likeness (QED) is 0.290. The maximum atomic E-state index is 11.9. The van der Waals surface area contributed by atoms with Crippen LogP contribution in [0.4, 0.5) is 0 Å². The second-order valence-electron chi connectivity index (χ2n) is 10.1. The molecule has 1 heterocycles. The van der Waals surface area contributed by atoms with Gasteiger partial charge in [-0.15, -0.1) is 0 Å². The second-order valence-corrected chi connectivity index (χ2v) is 10.1. The van der Waals surface area contributed by atoms with Crippen molar-refractivity contribution in [3.05, 3.63) is 20.8 Å². The second kappa shape index (κ2) is 23.3. The summed E-state index contributed by atoms with van der Waals surface area (Å²) < 4.78 is 4.27. The lowest BCUT2D eigenvalue weighted by molar-refractivity contribution is -0.454.